The molecule has 4 aliphatic heterocycles. The smallest absolute Gasteiger partial charge is 0.255 e. The Labute approximate surface area is 394 Å². The van der Waals surface area contributed by atoms with Crippen LogP contribution in [0.25, 0.3) is 0 Å². The lowest BCUT2D eigenvalue weighted by molar-refractivity contribution is -0.138. The van der Waals surface area contributed by atoms with E-state index >= 15 is 0 Å². The van der Waals surface area contributed by atoms with Gasteiger partial charge >= 0.3 is 0 Å². The maximum absolute atomic E-state index is 12.7. The normalized spacial score (nSPS) is 17.0. The molecule has 2 atom stereocenters. The van der Waals surface area contributed by atoms with E-state index in [1.807, 2.05) is 18.2 Å². The van der Waals surface area contributed by atoms with Gasteiger partial charge in [0.25, 0.3) is 11.8 Å². The Morgan fingerprint density at radius 2 is 1.02 bits per heavy atom. The summed E-state index contributed by atoms with van der Waals surface area (Å²) in [5, 5.41) is 11.0. The third kappa shape index (κ3) is 18.4. The van der Waals surface area contributed by atoms with Crippen LogP contribution in [0.5, 0.6) is 0 Å². The number of imide groups is 2. The van der Waals surface area contributed by atoms with Crippen LogP contribution in [0.15, 0.2) is 36.4 Å². The monoisotopic (exact) mass is 930 g/mol. The van der Waals surface area contributed by atoms with Gasteiger partial charge in [-0.05, 0) is 37.1 Å². The molecule has 0 aliphatic carbocycles. The summed E-state index contributed by atoms with van der Waals surface area (Å²) in [6, 6.07) is 9.73. The van der Waals surface area contributed by atoms with Gasteiger partial charge in [-0.2, -0.15) is 5.96 Å². The summed E-state index contributed by atoms with van der Waals surface area (Å²) in [4.78, 5) is 75.1. The highest BCUT2D eigenvalue weighted by Crippen LogP contribution is 2.33. The van der Waals surface area contributed by atoms with Crippen molar-refractivity contribution in [1.29, 1.82) is 0 Å². The molecular weight excluding hydrogens is 854 g/mol. The number of fused-ring (bicyclic) bond motifs is 2. The van der Waals surface area contributed by atoms with Crippen molar-refractivity contribution in [1.82, 2.24) is 20.4 Å². The van der Waals surface area contributed by atoms with Gasteiger partial charge in [-0.25, -0.2) is 0 Å². The third-order valence-electron chi connectivity index (χ3n) is 11.3. The van der Waals surface area contributed by atoms with E-state index in [0.717, 1.165) is 22.5 Å². The van der Waals surface area contributed by atoms with Crippen LogP contribution in [0.2, 0.25) is 19.6 Å². The number of carbonyl (C=O) groups is 6. The predicted molar refractivity (Wildman–Crippen MR) is 265 cm³/mol. The van der Waals surface area contributed by atoms with Gasteiger partial charge in [-0.15, -0.1) is 16.4 Å². The largest absolute Gasteiger partial charge is 0.374 e. The van der Waals surface area contributed by atoms with Crippen LogP contribution in [0, 0.1) is 23.8 Å². The molecule has 2 aromatic carbocycles. The fraction of sp³-hybridized carbons (Fsp3) is 0.569. The average molecular weight is 930 g/mol. The number of carbonyl (C=O) groups excluding carboxylic acids is 6. The Hall–Kier alpha value is -5.51. The van der Waals surface area contributed by atoms with Gasteiger partial charge in [0.1, 0.15) is 20.2 Å². The summed E-state index contributed by atoms with van der Waals surface area (Å²) in [7, 11) is -1.41. The van der Waals surface area contributed by atoms with Crippen molar-refractivity contribution >= 4 is 54.9 Å². The highest BCUT2D eigenvalue weighted by atomic mass is 28.3. The Morgan fingerprint density at radius 3 is 1.35 bits per heavy atom. The second kappa shape index (κ2) is 30.6. The Morgan fingerprint density at radius 1 is 0.636 bits per heavy atom. The number of piperidine rings is 2. The number of terminal acetylenes is 1. The molecule has 362 valence electrons. The standard InChI is InChI=1S/C19H23N3O3Si.C16H15N3O3.2C8H18.FH2N/c1-26(2,3)11-5-10-20-15-7-4-6-13-14(15)12-22(19(13)25)16-8-9-17(23)21-18(16)24;1-2-8-17-12-5-3-4-10-11(12)9-19(16(10)22)13-6-7-14(20)18-15(13)21;2*1-3-5-7-8-6-4-2;1-2/h4,6-7,16,20H,8-10,12H2,1-3H3,(H,21,23,24);1,3-5,13,17H,6-9H2,(H,18,20,21);2*3-8H2,1-2H3;2H2. The first-order valence-electron chi connectivity index (χ1n) is 23.9. The number of hydrogen-bond donors (Lipinski definition) is 5. The molecule has 0 bridgehead atoms. The molecular formula is C51H76FN7O6Si. The van der Waals surface area contributed by atoms with Crippen molar-refractivity contribution < 1.29 is 33.2 Å². The van der Waals surface area contributed by atoms with E-state index in [-0.39, 0.29) is 36.5 Å². The molecule has 4 aliphatic rings. The molecule has 4 heterocycles. The predicted octanol–water partition coefficient (Wildman–Crippen LogP) is 8.80. The minimum Gasteiger partial charge on any atom is -0.374 e. The van der Waals surface area contributed by atoms with E-state index in [4.69, 9.17) is 10.9 Å². The minimum absolute atomic E-state index is 0.161. The van der Waals surface area contributed by atoms with Crippen LogP contribution >= 0.6 is 0 Å². The van der Waals surface area contributed by atoms with E-state index in [9.17, 15) is 28.8 Å². The number of nitrogens with zero attached hydrogens (tertiary/aromatic N) is 2. The van der Waals surface area contributed by atoms with E-state index in [2.05, 4.69) is 91.9 Å². The maximum Gasteiger partial charge on any atom is 0.255 e. The summed E-state index contributed by atoms with van der Waals surface area (Å²) < 4.78 is 9.00. The molecule has 2 saturated heterocycles. The van der Waals surface area contributed by atoms with E-state index in [1.54, 1.807) is 23.1 Å². The van der Waals surface area contributed by atoms with Gasteiger partial charge in [0.05, 0.1) is 13.1 Å². The van der Waals surface area contributed by atoms with Gasteiger partial charge in [0.15, 0.2) is 0 Å². The Bertz CT molecular complexity index is 2000. The average Bonchev–Trinajstić information content (AvgIpc) is 3.82. The first-order valence-corrected chi connectivity index (χ1v) is 27.4. The Balaban J connectivity index is 0.000000336. The molecule has 13 nitrogen and oxygen atoms in total. The van der Waals surface area contributed by atoms with Gasteiger partial charge in [-0.3, -0.25) is 39.4 Å². The van der Waals surface area contributed by atoms with Gasteiger partial charge in [0, 0.05) is 59.6 Å². The highest BCUT2D eigenvalue weighted by Gasteiger charge is 2.41. The number of unbranched alkanes of at least 4 members (excludes halogenated alkanes) is 10. The third-order valence-corrected chi connectivity index (χ3v) is 12.2. The molecule has 0 saturated carbocycles. The van der Waals surface area contributed by atoms with Crippen molar-refractivity contribution in [2.75, 3.05) is 23.7 Å². The number of halogens is 1. The van der Waals surface area contributed by atoms with Crippen molar-refractivity contribution in [3.63, 3.8) is 0 Å². The van der Waals surface area contributed by atoms with Crippen molar-refractivity contribution in [3.05, 3.63) is 58.7 Å². The van der Waals surface area contributed by atoms with Gasteiger partial charge in [-0.1, -0.05) is 148 Å². The zero-order valence-corrected chi connectivity index (χ0v) is 41.6. The minimum atomic E-state index is -1.41. The molecule has 0 spiro atoms. The lowest BCUT2D eigenvalue weighted by Crippen LogP contribution is -2.52. The first-order chi connectivity index (χ1) is 31.7. The molecule has 2 aromatic rings. The lowest BCUT2D eigenvalue weighted by atomic mass is 10.0. The van der Waals surface area contributed by atoms with Crippen LogP contribution in [0.4, 0.5) is 15.9 Å². The number of amides is 6. The second-order valence-electron chi connectivity index (χ2n) is 17.8. The fourth-order valence-corrected chi connectivity index (χ4v) is 8.42. The zero-order chi connectivity index (χ0) is 49.1. The quantitative estimate of drug-likeness (QED) is 0.0361. The van der Waals surface area contributed by atoms with Crippen LogP contribution < -0.4 is 27.2 Å². The van der Waals surface area contributed by atoms with E-state index in [0.29, 0.717) is 50.1 Å². The SMILES string of the molecule is C#CCNc1cccc2c1CN(C1CCC(=O)NC1=O)C2=O.CCCCCCCC.CCCCCCCC.C[Si](C)(C)C#CCNc1cccc2c1CN(C1CCC(=O)NC1=O)C2=O.NF. The number of nitrogens with one attached hydrogen (secondary N) is 4. The van der Waals surface area contributed by atoms with Crippen molar-refractivity contribution in [2.45, 2.75) is 175 Å². The summed E-state index contributed by atoms with van der Waals surface area (Å²) >= 11 is 0. The number of benzene rings is 2. The van der Waals surface area contributed by atoms with Crippen molar-refractivity contribution in [2.24, 2.45) is 5.96 Å². The summed E-state index contributed by atoms with van der Waals surface area (Å²) in [5.41, 5.74) is 7.89. The zero-order valence-electron chi connectivity index (χ0n) is 40.6. The number of anilines is 2. The van der Waals surface area contributed by atoms with Crippen LogP contribution in [-0.2, 0) is 32.3 Å². The van der Waals surface area contributed by atoms with E-state index < -0.39 is 32.0 Å². The maximum atomic E-state index is 12.7. The number of rotatable bonds is 16. The van der Waals surface area contributed by atoms with Crippen LogP contribution in [0.3, 0.4) is 0 Å². The lowest BCUT2D eigenvalue weighted by Gasteiger charge is -2.29. The first kappa shape index (κ1) is 56.6. The molecule has 0 aromatic heterocycles. The summed E-state index contributed by atoms with van der Waals surface area (Å²) in [6.45, 7) is 17.2. The second-order valence-corrected chi connectivity index (χ2v) is 22.5. The molecule has 6 N–H and O–H groups in total. The molecule has 15 heteroatoms. The fourth-order valence-electron chi connectivity index (χ4n) is 7.80. The van der Waals surface area contributed by atoms with Crippen LogP contribution in [-0.4, -0.2) is 78.5 Å². The molecule has 0 radical (unpaired) electrons. The molecule has 2 unspecified atom stereocenters. The molecule has 6 amide bonds. The number of nitrogens with two attached hydrogens (primary N) is 1. The number of hydrogen-bond acceptors (Lipinski definition) is 9. The summed E-state index contributed by atoms with van der Waals surface area (Å²) in [6.07, 6.45) is 23.5. The van der Waals surface area contributed by atoms with E-state index in [1.165, 1.54) is 81.9 Å². The molecule has 6 rings (SSSR count). The summed E-state index contributed by atoms with van der Waals surface area (Å²) in [5.74, 6) is 6.94. The van der Waals surface area contributed by atoms with Crippen LogP contribution in [0.1, 0.15) is 162 Å². The molecule has 66 heavy (non-hydrogen) atoms. The topological polar surface area (TPSA) is 183 Å². The Kier molecular flexibility index (Phi) is 26.3. The van der Waals surface area contributed by atoms with Gasteiger partial charge in [0.2, 0.25) is 23.6 Å². The highest BCUT2D eigenvalue weighted by molar-refractivity contribution is 6.83. The van der Waals surface area contributed by atoms with Gasteiger partial charge < -0.3 is 20.4 Å². The van der Waals surface area contributed by atoms with Crippen molar-refractivity contribution in [3.8, 4) is 23.8 Å². The molecule has 2 fully saturated rings.